The molecule has 0 bridgehead atoms. The molecule has 0 radical (unpaired) electrons. The van der Waals surface area contributed by atoms with Gasteiger partial charge < -0.3 is 23.7 Å². The molecule has 0 saturated carbocycles. The van der Waals surface area contributed by atoms with Crippen molar-refractivity contribution in [2.45, 2.75) is 46.6 Å². The van der Waals surface area contributed by atoms with Gasteiger partial charge in [0, 0.05) is 19.8 Å². The minimum absolute atomic E-state index is 0.000980. The summed E-state index contributed by atoms with van der Waals surface area (Å²) >= 11 is 0. The molecular formula is C22H30O6. The van der Waals surface area contributed by atoms with Crippen LogP contribution in [0.2, 0.25) is 0 Å². The van der Waals surface area contributed by atoms with Crippen LogP contribution in [0.4, 0.5) is 0 Å². The number of Topliss-reactive ketones (excluding diaryl/α,β-unsaturated/α-hetero) is 1. The van der Waals surface area contributed by atoms with Crippen molar-refractivity contribution < 1.29 is 28.5 Å². The zero-order valence-electron chi connectivity index (χ0n) is 17.8. The molecular weight excluding hydrogens is 360 g/mol. The number of fused-ring (bicyclic) bond motifs is 1. The maximum absolute atomic E-state index is 12.6. The average molecular weight is 390 g/mol. The number of carbonyl (C=O) groups excluding carboxylic acids is 1. The quantitative estimate of drug-likeness (QED) is 0.350. The Morgan fingerprint density at radius 2 is 1.68 bits per heavy atom. The standard InChI is InChI=1S/C22H30O6/c1-14(2)8-9-16-19-17(10-11-22(4,5)28-19)21(27-13-25-7)18(15(3)23)20(16)26-12-24-6/h8,10-11H,9,12-13H2,1-7H3. The van der Waals surface area contributed by atoms with Gasteiger partial charge in [-0.1, -0.05) is 11.6 Å². The van der Waals surface area contributed by atoms with Gasteiger partial charge in [0.15, 0.2) is 19.4 Å². The second kappa shape index (κ2) is 9.26. The van der Waals surface area contributed by atoms with E-state index >= 15 is 0 Å². The number of hydrogen-bond donors (Lipinski definition) is 0. The predicted octanol–water partition coefficient (Wildman–Crippen LogP) is 4.55. The Bertz CT molecular complexity index is 785. The van der Waals surface area contributed by atoms with Crippen LogP contribution in [0.25, 0.3) is 6.08 Å². The highest BCUT2D eigenvalue weighted by atomic mass is 16.7. The monoisotopic (exact) mass is 390 g/mol. The summed E-state index contributed by atoms with van der Waals surface area (Å²) in [6, 6.07) is 0. The normalized spacial score (nSPS) is 14.1. The number of carbonyl (C=O) groups is 1. The molecule has 0 unspecified atom stereocenters. The van der Waals surface area contributed by atoms with Crippen molar-refractivity contribution in [3.63, 3.8) is 0 Å². The fourth-order valence-electron chi connectivity index (χ4n) is 2.96. The van der Waals surface area contributed by atoms with Gasteiger partial charge in [-0.15, -0.1) is 0 Å². The molecule has 1 aromatic rings. The molecule has 6 heteroatoms. The molecule has 1 aromatic carbocycles. The van der Waals surface area contributed by atoms with Crippen molar-refractivity contribution in [3.8, 4) is 17.2 Å². The molecule has 0 spiro atoms. The van der Waals surface area contributed by atoms with Gasteiger partial charge in [0.25, 0.3) is 0 Å². The first-order valence-electron chi connectivity index (χ1n) is 9.20. The first-order valence-corrected chi connectivity index (χ1v) is 9.20. The number of allylic oxidation sites excluding steroid dienone is 2. The van der Waals surface area contributed by atoms with Crippen LogP contribution >= 0.6 is 0 Å². The fourth-order valence-corrected chi connectivity index (χ4v) is 2.96. The third-order valence-electron chi connectivity index (χ3n) is 4.22. The van der Waals surface area contributed by atoms with E-state index in [-0.39, 0.29) is 19.4 Å². The molecule has 2 rings (SSSR count). The van der Waals surface area contributed by atoms with E-state index < -0.39 is 5.60 Å². The minimum Gasteiger partial charge on any atom is -0.483 e. The van der Waals surface area contributed by atoms with Crippen LogP contribution in [-0.2, 0) is 15.9 Å². The first kappa shape index (κ1) is 22.0. The third-order valence-corrected chi connectivity index (χ3v) is 4.22. The highest BCUT2D eigenvalue weighted by molar-refractivity contribution is 6.02. The van der Waals surface area contributed by atoms with E-state index in [0.717, 1.165) is 11.1 Å². The van der Waals surface area contributed by atoms with E-state index in [1.807, 2.05) is 39.8 Å². The maximum Gasteiger partial charge on any atom is 0.188 e. The first-order chi connectivity index (χ1) is 13.2. The smallest absolute Gasteiger partial charge is 0.188 e. The van der Waals surface area contributed by atoms with Crippen LogP contribution in [0, 0.1) is 0 Å². The second-order valence-corrected chi connectivity index (χ2v) is 7.44. The van der Waals surface area contributed by atoms with Crippen LogP contribution in [0.3, 0.4) is 0 Å². The Labute approximate surface area is 167 Å². The summed E-state index contributed by atoms with van der Waals surface area (Å²) in [6.45, 7) is 9.49. The van der Waals surface area contributed by atoms with Crippen molar-refractivity contribution in [1.29, 1.82) is 0 Å². The number of ketones is 1. The van der Waals surface area contributed by atoms with Gasteiger partial charge in [-0.05, 0) is 53.2 Å². The number of benzene rings is 1. The number of ether oxygens (including phenoxy) is 5. The van der Waals surface area contributed by atoms with Gasteiger partial charge in [-0.2, -0.15) is 0 Å². The molecule has 0 amide bonds. The maximum atomic E-state index is 12.6. The lowest BCUT2D eigenvalue weighted by atomic mass is 9.92. The Morgan fingerprint density at radius 3 is 2.21 bits per heavy atom. The molecule has 1 aliphatic heterocycles. The van der Waals surface area contributed by atoms with Crippen molar-refractivity contribution in [1.82, 2.24) is 0 Å². The third kappa shape index (κ3) is 4.94. The fraction of sp³-hybridized carbons (Fsp3) is 0.500. The Balaban J connectivity index is 2.83. The molecule has 1 aliphatic rings. The molecule has 0 saturated heterocycles. The Hall–Kier alpha value is -2.31. The second-order valence-electron chi connectivity index (χ2n) is 7.44. The molecule has 28 heavy (non-hydrogen) atoms. The van der Waals surface area contributed by atoms with E-state index in [2.05, 4.69) is 6.08 Å². The molecule has 0 fully saturated rings. The zero-order chi connectivity index (χ0) is 20.9. The van der Waals surface area contributed by atoms with Gasteiger partial charge >= 0.3 is 0 Å². The van der Waals surface area contributed by atoms with Crippen molar-refractivity contribution in [3.05, 3.63) is 34.4 Å². The van der Waals surface area contributed by atoms with Gasteiger partial charge in [-0.25, -0.2) is 0 Å². The lowest BCUT2D eigenvalue weighted by Gasteiger charge is -2.32. The molecule has 0 aromatic heterocycles. The highest BCUT2D eigenvalue weighted by Crippen LogP contribution is 2.48. The lowest BCUT2D eigenvalue weighted by molar-refractivity contribution is 0.0429. The molecule has 0 aliphatic carbocycles. The minimum atomic E-state index is -0.498. The topological polar surface area (TPSA) is 63.2 Å². The predicted molar refractivity (Wildman–Crippen MR) is 108 cm³/mol. The van der Waals surface area contributed by atoms with Crippen molar-refractivity contribution in [2.24, 2.45) is 0 Å². The SMILES string of the molecule is COCOc1c2c(c(CC=C(C)C)c(OCOC)c1C(C)=O)OC(C)(C)C=C2. The molecule has 0 atom stereocenters. The van der Waals surface area contributed by atoms with E-state index in [9.17, 15) is 4.79 Å². The summed E-state index contributed by atoms with van der Waals surface area (Å²) in [5.41, 5.74) is 2.52. The number of rotatable bonds is 9. The highest BCUT2D eigenvalue weighted by Gasteiger charge is 2.33. The van der Waals surface area contributed by atoms with E-state index in [4.69, 9.17) is 23.7 Å². The van der Waals surface area contributed by atoms with Crippen LogP contribution in [-0.4, -0.2) is 39.2 Å². The number of hydrogen-bond acceptors (Lipinski definition) is 6. The number of methoxy groups -OCH3 is 2. The summed E-state index contributed by atoms with van der Waals surface area (Å²) in [5, 5.41) is 0. The van der Waals surface area contributed by atoms with Crippen LogP contribution < -0.4 is 14.2 Å². The average Bonchev–Trinajstić information content (AvgIpc) is 2.61. The Morgan fingerprint density at radius 1 is 1.07 bits per heavy atom. The van der Waals surface area contributed by atoms with Crippen LogP contribution in [0.15, 0.2) is 17.7 Å². The molecule has 1 heterocycles. The summed E-state index contributed by atoms with van der Waals surface area (Å²) in [7, 11) is 3.06. The largest absolute Gasteiger partial charge is 0.483 e. The van der Waals surface area contributed by atoms with E-state index in [1.165, 1.54) is 21.1 Å². The van der Waals surface area contributed by atoms with Crippen LogP contribution in [0.1, 0.15) is 56.1 Å². The van der Waals surface area contributed by atoms with Gasteiger partial charge in [0.1, 0.15) is 28.4 Å². The van der Waals surface area contributed by atoms with E-state index in [0.29, 0.717) is 34.8 Å². The van der Waals surface area contributed by atoms with Gasteiger partial charge in [-0.3, -0.25) is 4.79 Å². The van der Waals surface area contributed by atoms with Crippen molar-refractivity contribution >= 4 is 11.9 Å². The summed E-state index contributed by atoms with van der Waals surface area (Å²) in [6.07, 6.45) is 6.50. The summed E-state index contributed by atoms with van der Waals surface area (Å²) in [5.74, 6) is 1.29. The summed E-state index contributed by atoms with van der Waals surface area (Å²) < 4.78 is 28.1. The Kier molecular flexibility index (Phi) is 7.27. The molecule has 0 N–H and O–H groups in total. The van der Waals surface area contributed by atoms with Crippen LogP contribution in [0.5, 0.6) is 17.2 Å². The summed E-state index contributed by atoms with van der Waals surface area (Å²) in [4.78, 5) is 12.6. The molecule has 154 valence electrons. The molecule has 6 nitrogen and oxygen atoms in total. The van der Waals surface area contributed by atoms with Gasteiger partial charge in [0.2, 0.25) is 0 Å². The lowest BCUT2D eigenvalue weighted by Crippen LogP contribution is -2.29. The van der Waals surface area contributed by atoms with E-state index in [1.54, 1.807) is 0 Å². The zero-order valence-corrected chi connectivity index (χ0v) is 17.8. The van der Waals surface area contributed by atoms with Gasteiger partial charge in [0.05, 0.1) is 5.56 Å². The van der Waals surface area contributed by atoms with Crippen molar-refractivity contribution in [2.75, 3.05) is 27.8 Å².